The van der Waals surface area contributed by atoms with Gasteiger partial charge in [0.25, 0.3) is 0 Å². The Balaban J connectivity index is 1.69. The van der Waals surface area contributed by atoms with Gasteiger partial charge in [0.1, 0.15) is 10.8 Å². The number of amides is 1. The molecule has 2 aromatic rings. The van der Waals surface area contributed by atoms with E-state index in [1.807, 2.05) is 16.3 Å². The molecule has 1 aliphatic rings. The number of carbonyl (C=O) groups excluding carboxylic acids is 1. The van der Waals surface area contributed by atoms with Crippen molar-refractivity contribution in [3.8, 4) is 10.6 Å². The third kappa shape index (κ3) is 3.47. The van der Waals surface area contributed by atoms with Gasteiger partial charge in [-0.15, -0.1) is 11.3 Å². The lowest BCUT2D eigenvalue weighted by molar-refractivity contribution is -0.131. The Bertz CT molecular complexity index is 635. The van der Waals surface area contributed by atoms with Crippen LogP contribution in [-0.4, -0.2) is 28.9 Å². The number of benzene rings is 1. The second-order valence-corrected chi connectivity index (χ2v) is 6.13. The van der Waals surface area contributed by atoms with Crippen LogP contribution in [0, 0.1) is 5.82 Å². The number of nitrogens with zero attached hydrogens (tertiary/aromatic N) is 2. The SMILES string of the molecule is O=C(Cc1csc(-c2cccc(F)c2)n1)N1CCCCC1. The van der Waals surface area contributed by atoms with E-state index in [9.17, 15) is 9.18 Å². The predicted octanol–water partition coefficient (Wildman–Crippen LogP) is 3.50. The first-order chi connectivity index (χ1) is 10.2. The fourth-order valence-corrected chi connectivity index (χ4v) is 3.37. The minimum absolute atomic E-state index is 0.144. The number of hydrogen-bond acceptors (Lipinski definition) is 3. The fourth-order valence-electron chi connectivity index (χ4n) is 2.55. The molecule has 0 spiro atoms. The van der Waals surface area contributed by atoms with E-state index in [4.69, 9.17) is 0 Å². The Kier molecular flexibility index (Phi) is 4.29. The van der Waals surface area contributed by atoms with Crippen molar-refractivity contribution < 1.29 is 9.18 Å². The van der Waals surface area contributed by atoms with Crippen LogP contribution in [-0.2, 0) is 11.2 Å². The van der Waals surface area contributed by atoms with Crippen molar-refractivity contribution >= 4 is 17.2 Å². The Hall–Kier alpha value is -1.75. The van der Waals surface area contributed by atoms with Crippen molar-refractivity contribution in [1.82, 2.24) is 9.88 Å². The minimum atomic E-state index is -0.270. The second kappa shape index (κ2) is 6.35. The maximum atomic E-state index is 13.2. The van der Waals surface area contributed by atoms with Gasteiger partial charge in [-0.3, -0.25) is 4.79 Å². The standard InChI is InChI=1S/C16H17FN2OS/c17-13-6-4-5-12(9-13)16-18-14(11-21-16)10-15(20)19-7-2-1-3-8-19/h4-6,9,11H,1-3,7-8,10H2. The zero-order valence-corrected chi connectivity index (χ0v) is 12.5. The van der Waals surface area contributed by atoms with Crippen LogP contribution < -0.4 is 0 Å². The summed E-state index contributed by atoms with van der Waals surface area (Å²) < 4.78 is 13.2. The van der Waals surface area contributed by atoms with E-state index in [1.165, 1.54) is 29.9 Å². The molecule has 0 radical (unpaired) electrons. The summed E-state index contributed by atoms with van der Waals surface area (Å²) in [6.07, 6.45) is 3.74. The molecule has 1 aromatic carbocycles. The predicted molar refractivity (Wildman–Crippen MR) is 81.6 cm³/mol. The first-order valence-electron chi connectivity index (χ1n) is 7.20. The van der Waals surface area contributed by atoms with Crippen LogP contribution in [0.25, 0.3) is 10.6 Å². The molecule has 21 heavy (non-hydrogen) atoms. The van der Waals surface area contributed by atoms with Gasteiger partial charge < -0.3 is 4.90 Å². The molecule has 3 nitrogen and oxygen atoms in total. The Labute approximate surface area is 127 Å². The van der Waals surface area contributed by atoms with Crippen molar-refractivity contribution in [3.63, 3.8) is 0 Å². The van der Waals surface area contributed by atoms with E-state index in [-0.39, 0.29) is 11.7 Å². The van der Waals surface area contributed by atoms with Crippen LogP contribution in [0.1, 0.15) is 25.0 Å². The first kappa shape index (κ1) is 14.2. The van der Waals surface area contributed by atoms with E-state index >= 15 is 0 Å². The monoisotopic (exact) mass is 304 g/mol. The average Bonchev–Trinajstić information content (AvgIpc) is 2.97. The van der Waals surface area contributed by atoms with Crippen LogP contribution in [0.4, 0.5) is 4.39 Å². The number of rotatable bonds is 3. The molecule has 0 N–H and O–H groups in total. The van der Waals surface area contributed by atoms with E-state index in [0.29, 0.717) is 6.42 Å². The summed E-state index contributed by atoms with van der Waals surface area (Å²) in [4.78, 5) is 18.6. The lowest BCUT2D eigenvalue weighted by Gasteiger charge is -2.26. The Morgan fingerprint density at radius 2 is 2.10 bits per heavy atom. The van der Waals surface area contributed by atoms with Crippen LogP contribution in [0.5, 0.6) is 0 Å². The van der Waals surface area contributed by atoms with Gasteiger partial charge in [-0.05, 0) is 31.4 Å². The lowest BCUT2D eigenvalue weighted by Crippen LogP contribution is -2.36. The molecule has 3 rings (SSSR count). The minimum Gasteiger partial charge on any atom is -0.342 e. The quantitative estimate of drug-likeness (QED) is 0.869. The molecule has 0 atom stereocenters. The molecule has 2 heterocycles. The van der Waals surface area contributed by atoms with Gasteiger partial charge in [0.2, 0.25) is 5.91 Å². The van der Waals surface area contributed by atoms with Crippen LogP contribution in [0.15, 0.2) is 29.6 Å². The molecular weight excluding hydrogens is 287 g/mol. The van der Waals surface area contributed by atoms with Gasteiger partial charge in [0.15, 0.2) is 0 Å². The highest BCUT2D eigenvalue weighted by atomic mass is 32.1. The number of carbonyl (C=O) groups is 1. The van der Waals surface area contributed by atoms with E-state index in [1.54, 1.807) is 6.07 Å². The summed E-state index contributed by atoms with van der Waals surface area (Å²) >= 11 is 1.45. The number of thiazole rings is 1. The largest absolute Gasteiger partial charge is 0.342 e. The second-order valence-electron chi connectivity index (χ2n) is 5.27. The van der Waals surface area contributed by atoms with Crippen molar-refractivity contribution in [2.75, 3.05) is 13.1 Å². The van der Waals surface area contributed by atoms with Gasteiger partial charge in [-0.1, -0.05) is 12.1 Å². The summed E-state index contributed by atoms with van der Waals surface area (Å²) in [6, 6.07) is 6.38. The molecule has 110 valence electrons. The summed E-state index contributed by atoms with van der Waals surface area (Å²) in [5, 5.41) is 2.65. The maximum Gasteiger partial charge on any atom is 0.228 e. The highest BCUT2D eigenvalue weighted by Gasteiger charge is 2.18. The number of halogens is 1. The summed E-state index contributed by atoms with van der Waals surface area (Å²) in [5.74, 6) is -0.126. The number of aromatic nitrogens is 1. The van der Waals surface area contributed by atoms with Crippen molar-refractivity contribution in [3.05, 3.63) is 41.2 Å². The van der Waals surface area contributed by atoms with Gasteiger partial charge in [0.05, 0.1) is 12.1 Å². The highest BCUT2D eigenvalue weighted by Crippen LogP contribution is 2.24. The van der Waals surface area contributed by atoms with Crippen LogP contribution >= 0.6 is 11.3 Å². The van der Waals surface area contributed by atoms with Gasteiger partial charge in [-0.2, -0.15) is 0 Å². The third-order valence-electron chi connectivity index (χ3n) is 3.66. The zero-order chi connectivity index (χ0) is 14.7. The molecule has 1 fully saturated rings. The third-order valence-corrected chi connectivity index (χ3v) is 4.60. The smallest absolute Gasteiger partial charge is 0.228 e. The summed E-state index contributed by atoms with van der Waals surface area (Å²) in [6.45, 7) is 1.72. The van der Waals surface area contributed by atoms with E-state index in [2.05, 4.69) is 4.98 Å². The van der Waals surface area contributed by atoms with Crippen LogP contribution in [0.3, 0.4) is 0 Å². The molecule has 0 aliphatic carbocycles. The van der Waals surface area contributed by atoms with E-state index in [0.717, 1.165) is 42.2 Å². The Morgan fingerprint density at radius 3 is 2.86 bits per heavy atom. The van der Waals surface area contributed by atoms with Crippen molar-refractivity contribution in [1.29, 1.82) is 0 Å². The highest BCUT2D eigenvalue weighted by molar-refractivity contribution is 7.13. The van der Waals surface area contributed by atoms with Crippen LogP contribution in [0.2, 0.25) is 0 Å². The maximum absolute atomic E-state index is 13.2. The van der Waals surface area contributed by atoms with Crippen molar-refractivity contribution in [2.24, 2.45) is 0 Å². The Morgan fingerprint density at radius 1 is 1.29 bits per heavy atom. The van der Waals surface area contributed by atoms with Gasteiger partial charge in [-0.25, -0.2) is 9.37 Å². The molecular formula is C16H17FN2OS. The average molecular weight is 304 g/mol. The topological polar surface area (TPSA) is 33.2 Å². The first-order valence-corrected chi connectivity index (χ1v) is 8.08. The van der Waals surface area contributed by atoms with Crippen molar-refractivity contribution in [2.45, 2.75) is 25.7 Å². The normalized spacial score (nSPS) is 15.2. The molecule has 1 aromatic heterocycles. The van der Waals surface area contributed by atoms with Gasteiger partial charge >= 0.3 is 0 Å². The molecule has 1 amide bonds. The molecule has 0 bridgehead atoms. The molecule has 1 saturated heterocycles. The zero-order valence-electron chi connectivity index (χ0n) is 11.7. The molecule has 0 saturated carbocycles. The fraction of sp³-hybridized carbons (Fsp3) is 0.375. The molecule has 1 aliphatic heterocycles. The number of hydrogen-bond donors (Lipinski definition) is 0. The number of likely N-dealkylation sites (tertiary alicyclic amines) is 1. The lowest BCUT2D eigenvalue weighted by atomic mass is 10.1. The molecule has 5 heteroatoms. The number of piperidine rings is 1. The van der Waals surface area contributed by atoms with Gasteiger partial charge in [0, 0.05) is 24.0 Å². The molecule has 0 unspecified atom stereocenters. The van der Waals surface area contributed by atoms with E-state index < -0.39 is 0 Å². The summed E-state index contributed by atoms with van der Waals surface area (Å²) in [5.41, 5.74) is 1.53. The summed E-state index contributed by atoms with van der Waals surface area (Å²) in [7, 11) is 0.